The average molecular weight is 293 g/mol. The number of aromatic nitrogens is 1. The lowest BCUT2D eigenvalue weighted by Crippen LogP contribution is -2.01. The Morgan fingerprint density at radius 2 is 2.10 bits per heavy atom. The molecule has 0 amide bonds. The van der Waals surface area contributed by atoms with Crippen LogP contribution in [0.5, 0.6) is 0 Å². The fourth-order valence-corrected chi connectivity index (χ4v) is 1.83. The van der Waals surface area contributed by atoms with Crippen LogP contribution in [0.2, 0.25) is 5.02 Å². The molecule has 0 aliphatic heterocycles. The first-order valence-corrected chi connectivity index (χ1v) is 5.89. The number of halogens is 1. The molecule has 0 aliphatic rings. The van der Waals surface area contributed by atoms with Crippen LogP contribution in [0.1, 0.15) is 10.4 Å². The maximum atomic E-state index is 11.3. The SMILES string of the molecule is COC(=O)c1ccc(-c2cc([N+](=O)[O-])ccc2Cl)nc1. The van der Waals surface area contributed by atoms with Gasteiger partial charge in [-0.25, -0.2) is 4.79 Å². The summed E-state index contributed by atoms with van der Waals surface area (Å²) in [5, 5.41) is 11.1. The standard InChI is InChI=1S/C13H9ClN2O4/c1-20-13(17)8-2-5-12(15-7-8)10-6-9(16(18)19)3-4-11(10)14/h2-7H,1H3. The third-order valence-corrected chi connectivity index (χ3v) is 2.95. The summed E-state index contributed by atoms with van der Waals surface area (Å²) in [5.74, 6) is -0.505. The van der Waals surface area contributed by atoms with Gasteiger partial charge >= 0.3 is 5.97 Å². The van der Waals surface area contributed by atoms with E-state index in [1.165, 1.54) is 37.6 Å². The molecular formula is C13H9ClN2O4. The second kappa shape index (κ2) is 5.66. The monoisotopic (exact) mass is 292 g/mol. The largest absolute Gasteiger partial charge is 0.465 e. The number of non-ortho nitro benzene ring substituents is 1. The van der Waals surface area contributed by atoms with Gasteiger partial charge in [0.2, 0.25) is 0 Å². The minimum absolute atomic E-state index is 0.0803. The number of hydrogen-bond donors (Lipinski definition) is 0. The van der Waals surface area contributed by atoms with Crippen LogP contribution in [-0.4, -0.2) is 23.0 Å². The summed E-state index contributed by atoms with van der Waals surface area (Å²) in [7, 11) is 1.27. The number of methoxy groups -OCH3 is 1. The highest BCUT2D eigenvalue weighted by Gasteiger charge is 2.13. The maximum absolute atomic E-state index is 11.3. The van der Waals surface area contributed by atoms with Crippen LogP contribution in [-0.2, 0) is 4.74 Å². The van der Waals surface area contributed by atoms with Gasteiger partial charge in [0.1, 0.15) is 0 Å². The van der Waals surface area contributed by atoms with Crippen LogP contribution in [0.4, 0.5) is 5.69 Å². The highest BCUT2D eigenvalue weighted by atomic mass is 35.5. The van der Waals surface area contributed by atoms with E-state index in [1.54, 1.807) is 6.07 Å². The van der Waals surface area contributed by atoms with Crippen molar-refractivity contribution in [1.82, 2.24) is 4.98 Å². The molecule has 0 N–H and O–H groups in total. The summed E-state index contributed by atoms with van der Waals surface area (Å²) < 4.78 is 4.56. The number of esters is 1. The normalized spacial score (nSPS) is 10.1. The first kappa shape index (κ1) is 14.0. The summed E-state index contributed by atoms with van der Waals surface area (Å²) in [6.45, 7) is 0. The molecule has 6 nitrogen and oxygen atoms in total. The predicted octanol–water partition coefficient (Wildman–Crippen LogP) is 3.10. The van der Waals surface area contributed by atoms with Crippen LogP contribution in [0.25, 0.3) is 11.3 Å². The molecule has 2 rings (SSSR count). The second-order valence-corrected chi connectivity index (χ2v) is 4.25. The Balaban J connectivity index is 2.43. The zero-order valence-corrected chi connectivity index (χ0v) is 11.1. The zero-order valence-electron chi connectivity index (χ0n) is 10.4. The van der Waals surface area contributed by atoms with E-state index in [1.807, 2.05) is 0 Å². The Kier molecular flexibility index (Phi) is 3.95. The minimum atomic E-state index is -0.511. The fraction of sp³-hybridized carbons (Fsp3) is 0.0769. The van der Waals surface area contributed by atoms with Crippen LogP contribution in [0, 0.1) is 10.1 Å². The van der Waals surface area contributed by atoms with Gasteiger partial charge in [-0.1, -0.05) is 11.6 Å². The van der Waals surface area contributed by atoms with Crippen molar-refractivity contribution in [3.05, 3.63) is 57.2 Å². The minimum Gasteiger partial charge on any atom is -0.465 e. The van der Waals surface area contributed by atoms with E-state index in [0.717, 1.165) is 0 Å². The number of hydrogen-bond acceptors (Lipinski definition) is 5. The third-order valence-electron chi connectivity index (χ3n) is 2.62. The summed E-state index contributed by atoms with van der Waals surface area (Å²) in [6.07, 6.45) is 1.33. The first-order valence-electron chi connectivity index (χ1n) is 5.51. The first-order chi connectivity index (χ1) is 9.52. The number of pyridine rings is 1. The van der Waals surface area contributed by atoms with E-state index in [0.29, 0.717) is 16.3 Å². The van der Waals surface area contributed by atoms with E-state index in [9.17, 15) is 14.9 Å². The lowest BCUT2D eigenvalue weighted by atomic mass is 10.1. The molecular weight excluding hydrogens is 284 g/mol. The van der Waals surface area contributed by atoms with Crippen molar-refractivity contribution < 1.29 is 14.5 Å². The van der Waals surface area contributed by atoms with Crippen molar-refractivity contribution in [3.8, 4) is 11.3 Å². The molecule has 102 valence electrons. The van der Waals surface area contributed by atoms with Crippen molar-refractivity contribution in [3.63, 3.8) is 0 Å². The van der Waals surface area contributed by atoms with E-state index in [-0.39, 0.29) is 11.3 Å². The molecule has 1 heterocycles. The molecule has 2 aromatic rings. The number of ether oxygens (including phenoxy) is 1. The van der Waals surface area contributed by atoms with Crippen molar-refractivity contribution >= 4 is 23.3 Å². The molecule has 0 atom stereocenters. The van der Waals surface area contributed by atoms with Gasteiger partial charge in [-0.2, -0.15) is 0 Å². The quantitative estimate of drug-likeness (QED) is 0.493. The molecule has 0 spiro atoms. The zero-order chi connectivity index (χ0) is 14.7. The smallest absolute Gasteiger partial charge is 0.339 e. The average Bonchev–Trinajstić information content (AvgIpc) is 2.47. The summed E-state index contributed by atoms with van der Waals surface area (Å²) in [6, 6.07) is 7.16. The molecule has 1 aromatic heterocycles. The predicted molar refractivity (Wildman–Crippen MR) is 72.7 cm³/mol. The van der Waals surface area contributed by atoms with Gasteiger partial charge in [0, 0.05) is 23.9 Å². The van der Waals surface area contributed by atoms with Crippen molar-refractivity contribution in [2.75, 3.05) is 7.11 Å². The van der Waals surface area contributed by atoms with Gasteiger partial charge in [-0.15, -0.1) is 0 Å². The molecule has 0 fully saturated rings. The molecule has 0 saturated carbocycles. The van der Waals surface area contributed by atoms with Crippen molar-refractivity contribution in [2.24, 2.45) is 0 Å². The lowest BCUT2D eigenvalue weighted by molar-refractivity contribution is -0.384. The Labute approximate surface area is 119 Å². The number of nitro benzene ring substituents is 1. The Morgan fingerprint density at radius 1 is 1.35 bits per heavy atom. The molecule has 0 aliphatic carbocycles. The highest BCUT2D eigenvalue weighted by Crippen LogP contribution is 2.30. The van der Waals surface area contributed by atoms with Gasteiger partial charge in [-0.3, -0.25) is 15.1 Å². The number of benzene rings is 1. The van der Waals surface area contributed by atoms with Crippen molar-refractivity contribution in [2.45, 2.75) is 0 Å². The van der Waals surface area contributed by atoms with Crippen LogP contribution in [0.15, 0.2) is 36.5 Å². The third kappa shape index (κ3) is 2.75. The number of rotatable bonds is 3. The Morgan fingerprint density at radius 3 is 2.65 bits per heavy atom. The molecule has 0 radical (unpaired) electrons. The van der Waals surface area contributed by atoms with Gasteiger partial charge in [0.15, 0.2) is 0 Å². The van der Waals surface area contributed by atoms with Gasteiger partial charge < -0.3 is 4.74 Å². The van der Waals surface area contributed by atoms with Crippen molar-refractivity contribution in [1.29, 1.82) is 0 Å². The molecule has 0 bridgehead atoms. The molecule has 7 heteroatoms. The number of nitrogens with zero attached hydrogens (tertiary/aromatic N) is 2. The highest BCUT2D eigenvalue weighted by molar-refractivity contribution is 6.33. The van der Waals surface area contributed by atoms with Crippen LogP contribution in [0.3, 0.4) is 0 Å². The summed E-state index contributed by atoms with van der Waals surface area (Å²) >= 11 is 6.01. The van der Waals surface area contributed by atoms with Crippen LogP contribution < -0.4 is 0 Å². The van der Waals surface area contributed by atoms with E-state index in [4.69, 9.17) is 11.6 Å². The van der Waals surface area contributed by atoms with E-state index >= 15 is 0 Å². The van der Waals surface area contributed by atoms with Gasteiger partial charge in [0.25, 0.3) is 5.69 Å². The van der Waals surface area contributed by atoms with E-state index in [2.05, 4.69) is 9.72 Å². The molecule has 0 unspecified atom stereocenters. The maximum Gasteiger partial charge on any atom is 0.339 e. The topological polar surface area (TPSA) is 82.3 Å². The number of carbonyl (C=O) groups is 1. The number of carbonyl (C=O) groups excluding carboxylic acids is 1. The lowest BCUT2D eigenvalue weighted by Gasteiger charge is -2.04. The molecule has 1 aromatic carbocycles. The van der Waals surface area contributed by atoms with Crippen LogP contribution >= 0.6 is 11.6 Å². The Hall–Kier alpha value is -2.47. The van der Waals surface area contributed by atoms with Gasteiger partial charge in [0.05, 0.1) is 28.3 Å². The van der Waals surface area contributed by atoms with Gasteiger partial charge in [-0.05, 0) is 18.2 Å². The number of nitro groups is 1. The second-order valence-electron chi connectivity index (χ2n) is 3.84. The summed E-state index contributed by atoms with van der Waals surface area (Å²) in [4.78, 5) is 25.6. The summed E-state index contributed by atoms with van der Waals surface area (Å²) in [5.41, 5.74) is 1.07. The molecule has 0 saturated heterocycles. The Bertz CT molecular complexity index is 671. The van der Waals surface area contributed by atoms with E-state index < -0.39 is 10.9 Å². The fourth-order valence-electron chi connectivity index (χ4n) is 1.61. The molecule has 20 heavy (non-hydrogen) atoms.